The normalized spacial score (nSPS) is 21.9. The highest BCUT2D eigenvalue weighted by atomic mass is 16.5. The van der Waals surface area contributed by atoms with E-state index in [2.05, 4.69) is 24.1 Å². The molecule has 1 amide bonds. The van der Waals surface area contributed by atoms with Crippen molar-refractivity contribution in [2.75, 3.05) is 31.6 Å². The van der Waals surface area contributed by atoms with E-state index in [0.717, 1.165) is 63.1 Å². The van der Waals surface area contributed by atoms with Crippen LogP contribution >= 0.6 is 0 Å². The van der Waals surface area contributed by atoms with Crippen LogP contribution in [0.15, 0.2) is 24.3 Å². The molecule has 1 aromatic rings. The second-order valence-corrected chi connectivity index (χ2v) is 8.96. The molecular formula is C25H40N2O3. The van der Waals surface area contributed by atoms with Crippen molar-refractivity contribution in [3.05, 3.63) is 24.3 Å². The van der Waals surface area contributed by atoms with Crippen LogP contribution in [0.25, 0.3) is 0 Å². The number of nitrogens with zero attached hydrogens (tertiary/aromatic N) is 1. The Kier molecular flexibility index (Phi) is 9.01. The standard InChI is InChI=1S/C25H40N2O3/c1-3-19-30-25(15-6-4-7-16-25)24(28)26-22-11-13-23(14-12-22)29-20-9-18-27-17-8-5-10-21(27)2/h11-14,21H,3-10,15-20H2,1-2H3,(H,26,28). The number of ether oxygens (including phenoxy) is 2. The highest BCUT2D eigenvalue weighted by molar-refractivity contribution is 5.97. The summed E-state index contributed by atoms with van der Waals surface area (Å²) in [7, 11) is 0. The molecule has 5 heteroatoms. The third-order valence-corrected chi connectivity index (χ3v) is 6.57. The lowest BCUT2D eigenvalue weighted by Crippen LogP contribution is -2.47. The van der Waals surface area contributed by atoms with Gasteiger partial charge in [0.05, 0.1) is 6.61 Å². The van der Waals surface area contributed by atoms with E-state index in [9.17, 15) is 4.79 Å². The molecule has 1 atom stereocenters. The predicted molar refractivity (Wildman–Crippen MR) is 122 cm³/mol. The van der Waals surface area contributed by atoms with Crippen LogP contribution in [0.5, 0.6) is 5.75 Å². The van der Waals surface area contributed by atoms with Crippen LogP contribution in [0.1, 0.15) is 78.1 Å². The second-order valence-electron chi connectivity index (χ2n) is 8.96. The number of hydrogen-bond donors (Lipinski definition) is 1. The van der Waals surface area contributed by atoms with Crippen molar-refractivity contribution in [1.29, 1.82) is 0 Å². The molecule has 3 rings (SSSR count). The van der Waals surface area contributed by atoms with Crippen molar-refractivity contribution < 1.29 is 14.3 Å². The highest BCUT2D eigenvalue weighted by Crippen LogP contribution is 2.33. The molecule has 2 fully saturated rings. The van der Waals surface area contributed by atoms with E-state index in [-0.39, 0.29) is 5.91 Å². The number of carbonyl (C=O) groups is 1. The minimum absolute atomic E-state index is 0.0000280. The van der Waals surface area contributed by atoms with Crippen LogP contribution in [-0.2, 0) is 9.53 Å². The number of anilines is 1. The fourth-order valence-corrected chi connectivity index (χ4v) is 4.68. The van der Waals surface area contributed by atoms with Crippen LogP contribution < -0.4 is 10.1 Å². The van der Waals surface area contributed by atoms with Gasteiger partial charge in [0, 0.05) is 24.9 Å². The molecule has 2 aliphatic rings. The molecule has 0 aromatic heterocycles. The molecule has 1 saturated heterocycles. The Bertz CT molecular complexity index is 640. The average molecular weight is 417 g/mol. The van der Waals surface area contributed by atoms with Gasteiger partial charge in [-0.3, -0.25) is 4.79 Å². The summed E-state index contributed by atoms with van der Waals surface area (Å²) in [4.78, 5) is 15.6. The molecule has 1 aromatic carbocycles. The smallest absolute Gasteiger partial charge is 0.256 e. The zero-order valence-corrected chi connectivity index (χ0v) is 19.0. The first-order valence-electron chi connectivity index (χ1n) is 12.1. The molecule has 5 nitrogen and oxygen atoms in total. The minimum atomic E-state index is -0.658. The first-order valence-corrected chi connectivity index (χ1v) is 12.1. The number of carbonyl (C=O) groups excluding carboxylic acids is 1. The predicted octanol–water partition coefficient (Wildman–Crippen LogP) is 5.40. The number of benzene rings is 1. The summed E-state index contributed by atoms with van der Waals surface area (Å²) in [6.45, 7) is 8.10. The Hall–Kier alpha value is -1.59. The summed E-state index contributed by atoms with van der Waals surface area (Å²) in [5.41, 5.74) is 0.147. The molecule has 0 bridgehead atoms. The third kappa shape index (κ3) is 6.45. The Morgan fingerprint density at radius 3 is 2.57 bits per heavy atom. The van der Waals surface area contributed by atoms with Gasteiger partial charge in [-0.2, -0.15) is 0 Å². The molecule has 0 radical (unpaired) electrons. The summed E-state index contributed by atoms with van der Waals surface area (Å²) in [6.07, 6.45) is 10.9. The lowest BCUT2D eigenvalue weighted by molar-refractivity contribution is -0.146. The molecule has 1 unspecified atom stereocenters. The third-order valence-electron chi connectivity index (χ3n) is 6.57. The largest absolute Gasteiger partial charge is 0.494 e. The monoisotopic (exact) mass is 416 g/mol. The van der Waals surface area contributed by atoms with Gasteiger partial charge in [-0.05, 0) is 76.3 Å². The fraction of sp³-hybridized carbons (Fsp3) is 0.720. The number of hydrogen-bond acceptors (Lipinski definition) is 4. The zero-order valence-electron chi connectivity index (χ0n) is 19.0. The van der Waals surface area contributed by atoms with Crippen LogP contribution in [0.4, 0.5) is 5.69 Å². The van der Waals surface area contributed by atoms with Crippen LogP contribution in [0, 0.1) is 0 Å². The van der Waals surface area contributed by atoms with Crippen LogP contribution in [-0.4, -0.2) is 48.8 Å². The van der Waals surface area contributed by atoms with Crippen molar-refractivity contribution in [3.8, 4) is 5.75 Å². The van der Waals surface area contributed by atoms with Crippen LogP contribution in [0.3, 0.4) is 0 Å². The first kappa shape index (κ1) is 23.1. The molecule has 30 heavy (non-hydrogen) atoms. The summed E-state index contributed by atoms with van der Waals surface area (Å²) in [5, 5.41) is 3.08. The van der Waals surface area contributed by atoms with Gasteiger partial charge in [-0.1, -0.05) is 32.6 Å². The van der Waals surface area contributed by atoms with Gasteiger partial charge in [0.2, 0.25) is 0 Å². The highest BCUT2D eigenvalue weighted by Gasteiger charge is 2.40. The number of amides is 1. The minimum Gasteiger partial charge on any atom is -0.494 e. The topological polar surface area (TPSA) is 50.8 Å². The summed E-state index contributed by atoms with van der Waals surface area (Å²) >= 11 is 0. The lowest BCUT2D eigenvalue weighted by atomic mass is 9.83. The van der Waals surface area contributed by atoms with Gasteiger partial charge >= 0.3 is 0 Å². The van der Waals surface area contributed by atoms with Gasteiger partial charge in [-0.15, -0.1) is 0 Å². The average Bonchev–Trinajstić information content (AvgIpc) is 2.78. The maximum atomic E-state index is 13.0. The van der Waals surface area contributed by atoms with E-state index in [4.69, 9.17) is 9.47 Å². The van der Waals surface area contributed by atoms with Crippen molar-refractivity contribution in [3.63, 3.8) is 0 Å². The molecule has 1 aliphatic heterocycles. The van der Waals surface area contributed by atoms with Crippen molar-refractivity contribution in [1.82, 2.24) is 4.90 Å². The summed E-state index contributed by atoms with van der Waals surface area (Å²) in [5.74, 6) is 0.856. The maximum Gasteiger partial charge on any atom is 0.256 e. The number of piperidine rings is 1. The van der Waals surface area contributed by atoms with E-state index in [1.807, 2.05) is 24.3 Å². The zero-order chi connectivity index (χ0) is 21.2. The Labute approximate surface area is 182 Å². The molecule has 1 heterocycles. The second kappa shape index (κ2) is 11.7. The molecular weight excluding hydrogens is 376 g/mol. The summed E-state index contributed by atoms with van der Waals surface area (Å²) < 4.78 is 12.0. The Balaban J connectivity index is 1.44. The van der Waals surface area contributed by atoms with Crippen molar-refractivity contribution >= 4 is 11.6 Å². The van der Waals surface area contributed by atoms with Gasteiger partial charge in [0.25, 0.3) is 5.91 Å². The maximum absolute atomic E-state index is 13.0. The summed E-state index contributed by atoms with van der Waals surface area (Å²) in [6, 6.07) is 8.45. The SMILES string of the molecule is CCCOC1(C(=O)Nc2ccc(OCCCN3CCCCC3C)cc2)CCCCC1. The molecule has 1 saturated carbocycles. The molecule has 0 spiro atoms. The van der Waals surface area contributed by atoms with E-state index in [0.29, 0.717) is 12.6 Å². The molecule has 1 aliphatic carbocycles. The van der Waals surface area contributed by atoms with Crippen LogP contribution in [0.2, 0.25) is 0 Å². The van der Waals surface area contributed by atoms with E-state index < -0.39 is 5.60 Å². The number of rotatable bonds is 10. The van der Waals surface area contributed by atoms with E-state index in [1.54, 1.807) is 0 Å². The Morgan fingerprint density at radius 1 is 1.10 bits per heavy atom. The quantitative estimate of drug-likeness (QED) is 0.519. The Morgan fingerprint density at radius 2 is 1.87 bits per heavy atom. The first-order chi connectivity index (χ1) is 14.6. The van der Waals surface area contributed by atoms with Crippen molar-refractivity contribution in [2.45, 2.75) is 89.7 Å². The van der Waals surface area contributed by atoms with E-state index >= 15 is 0 Å². The number of likely N-dealkylation sites (tertiary alicyclic amines) is 1. The van der Waals surface area contributed by atoms with Gasteiger partial charge in [-0.25, -0.2) is 0 Å². The number of nitrogens with one attached hydrogen (secondary N) is 1. The van der Waals surface area contributed by atoms with Gasteiger partial charge in [0.1, 0.15) is 11.4 Å². The van der Waals surface area contributed by atoms with E-state index in [1.165, 1.54) is 32.2 Å². The molecule has 1 N–H and O–H groups in total. The van der Waals surface area contributed by atoms with Crippen molar-refractivity contribution in [2.24, 2.45) is 0 Å². The fourth-order valence-electron chi connectivity index (χ4n) is 4.68. The van der Waals surface area contributed by atoms with Gasteiger partial charge < -0.3 is 19.7 Å². The molecule has 168 valence electrons. The van der Waals surface area contributed by atoms with Gasteiger partial charge in [0.15, 0.2) is 0 Å². The lowest BCUT2D eigenvalue weighted by Gasteiger charge is -2.35.